The second-order valence-electron chi connectivity index (χ2n) is 15.1. The maximum atomic E-state index is 14.5. The molecule has 4 heterocycles. The number of methoxy groups -OCH3 is 1. The average Bonchev–Trinajstić information content (AvgIpc) is 3.61. The van der Waals surface area contributed by atoms with Gasteiger partial charge in [0.2, 0.25) is 5.91 Å². The molecule has 12 nitrogen and oxygen atoms in total. The molecule has 12 heteroatoms. The van der Waals surface area contributed by atoms with Crippen molar-refractivity contribution in [2.75, 3.05) is 54.7 Å². The largest absolute Gasteiger partial charge is 0.469 e. The van der Waals surface area contributed by atoms with Crippen LogP contribution in [-0.4, -0.2) is 90.4 Å². The van der Waals surface area contributed by atoms with E-state index in [0.29, 0.717) is 75.3 Å². The predicted octanol–water partition coefficient (Wildman–Crippen LogP) is 4.03. The Bertz CT molecular complexity index is 1950. The molecule has 4 aliphatic heterocycles. The number of ether oxygens (including phenoxy) is 1. The van der Waals surface area contributed by atoms with Gasteiger partial charge in [0.05, 0.1) is 32.1 Å². The van der Waals surface area contributed by atoms with Crippen LogP contribution in [0.2, 0.25) is 0 Å². The number of hydrogen-bond donors (Lipinski definition) is 3. The molecule has 0 aliphatic carbocycles. The smallest absolute Gasteiger partial charge is 0.305 e. The number of unbranched alkanes of at least 4 members (excludes halogenated alkanes) is 1. The minimum absolute atomic E-state index is 0.0155. The second-order valence-corrected chi connectivity index (χ2v) is 15.1. The Kier molecular flexibility index (Phi) is 11.1. The second kappa shape index (κ2) is 16.0. The number of fused-ring (bicyclic) bond motifs is 2. The summed E-state index contributed by atoms with van der Waals surface area (Å²) in [7, 11) is 1.34. The Balaban J connectivity index is 1.17. The highest BCUT2D eigenvalue weighted by Gasteiger charge is 2.55. The number of benzene rings is 3. The summed E-state index contributed by atoms with van der Waals surface area (Å²) in [5, 5.41) is 26.1. The quantitative estimate of drug-likeness (QED) is 0.142. The van der Waals surface area contributed by atoms with Gasteiger partial charge in [-0.15, -0.1) is 0 Å². The minimum atomic E-state index is -1.99. The molecule has 3 amide bonds. The number of anilines is 3. The third-order valence-corrected chi connectivity index (χ3v) is 12.0. The molecule has 0 unspecified atom stereocenters. The highest BCUT2D eigenvalue weighted by atomic mass is 16.5. The predicted molar refractivity (Wildman–Crippen MR) is 209 cm³/mol. The van der Waals surface area contributed by atoms with Crippen LogP contribution in [-0.2, 0) is 42.5 Å². The number of rotatable bonds is 12. The molecule has 290 valence electrons. The Morgan fingerprint density at radius 3 is 2.42 bits per heavy atom. The fourth-order valence-corrected chi connectivity index (χ4v) is 8.81. The van der Waals surface area contributed by atoms with Crippen LogP contribution in [0, 0.1) is 5.92 Å². The van der Waals surface area contributed by atoms with Gasteiger partial charge in [-0.2, -0.15) is 0 Å². The van der Waals surface area contributed by atoms with Gasteiger partial charge < -0.3 is 35.0 Å². The van der Waals surface area contributed by atoms with Crippen LogP contribution in [0.3, 0.4) is 0 Å². The standard InChI is InChI=1S/C43H51N5O7/c1-30(11-10-16-38(50)46-27-32-13-7-6-12-31(32)25-35(46)28-49)43(54)36-26-34(18-19-37(36)45(41(43)53)24-9-8-17-39(51)55-2)47-29-48(33-14-4-3-5-15-33)42(40(47)52)20-22-44-23-21-42/h3-7,10-15,18-19,26,30,35,44,49,54H,8-9,16-17,20-25,27-29H2,1-2H3/b11-10+/t30-,35-,43+/m0/s1. The summed E-state index contributed by atoms with van der Waals surface area (Å²) in [5.74, 6) is -1.74. The summed E-state index contributed by atoms with van der Waals surface area (Å²) in [4.78, 5) is 61.4. The molecule has 0 saturated carbocycles. The lowest BCUT2D eigenvalue weighted by atomic mass is 9.82. The Hall–Kier alpha value is -5.04. The molecule has 3 atom stereocenters. The van der Waals surface area contributed by atoms with E-state index in [2.05, 4.69) is 10.2 Å². The van der Waals surface area contributed by atoms with E-state index >= 15 is 0 Å². The van der Waals surface area contributed by atoms with E-state index in [0.717, 1.165) is 16.8 Å². The SMILES string of the molecule is COC(=O)CCCCN1C(=O)[C@@](O)([C@@H](C)/C=C/CC(=O)N2Cc3ccccc3C[C@H]2CO)c2cc(N3CN(c4ccccc4)C4(CCNCC4)C3=O)ccc21. The highest BCUT2D eigenvalue weighted by molar-refractivity contribution is 6.10. The average molecular weight is 750 g/mol. The molecule has 3 N–H and O–H groups in total. The number of aliphatic hydroxyl groups is 2. The van der Waals surface area contributed by atoms with E-state index in [4.69, 9.17) is 4.74 Å². The van der Waals surface area contributed by atoms with Crippen molar-refractivity contribution in [3.8, 4) is 0 Å². The number of carbonyl (C=O) groups excluding carboxylic acids is 4. The van der Waals surface area contributed by atoms with Crippen LogP contribution in [0.1, 0.15) is 62.1 Å². The Morgan fingerprint density at radius 1 is 0.964 bits per heavy atom. The van der Waals surface area contributed by atoms with E-state index < -0.39 is 23.0 Å². The first kappa shape index (κ1) is 38.2. The third-order valence-electron chi connectivity index (χ3n) is 12.0. The first-order chi connectivity index (χ1) is 26.6. The van der Waals surface area contributed by atoms with E-state index in [1.54, 1.807) is 45.9 Å². The number of hydrogen-bond acceptors (Lipinski definition) is 9. The van der Waals surface area contributed by atoms with Crippen LogP contribution >= 0.6 is 0 Å². The lowest BCUT2D eigenvalue weighted by Crippen LogP contribution is -2.55. The van der Waals surface area contributed by atoms with Crippen molar-refractivity contribution in [1.82, 2.24) is 10.2 Å². The zero-order valence-corrected chi connectivity index (χ0v) is 31.7. The first-order valence-electron chi connectivity index (χ1n) is 19.4. The lowest BCUT2D eigenvalue weighted by Gasteiger charge is -2.39. The first-order valence-corrected chi connectivity index (χ1v) is 19.4. The van der Waals surface area contributed by atoms with Gasteiger partial charge in [-0.25, -0.2) is 0 Å². The minimum Gasteiger partial charge on any atom is -0.469 e. The van der Waals surface area contributed by atoms with Gasteiger partial charge in [0.1, 0.15) is 5.54 Å². The number of esters is 1. The molecular formula is C43H51N5O7. The molecule has 55 heavy (non-hydrogen) atoms. The van der Waals surface area contributed by atoms with Gasteiger partial charge in [-0.05, 0) is 86.7 Å². The molecule has 0 aromatic heterocycles. The molecule has 3 aromatic carbocycles. The molecule has 0 radical (unpaired) electrons. The number of piperidine rings is 1. The van der Waals surface area contributed by atoms with Crippen LogP contribution in [0.15, 0.2) is 84.9 Å². The molecule has 7 rings (SSSR count). The third kappa shape index (κ3) is 7.03. The lowest BCUT2D eigenvalue weighted by molar-refractivity contribution is -0.140. The monoisotopic (exact) mass is 749 g/mol. The van der Waals surface area contributed by atoms with Crippen molar-refractivity contribution in [2.24, 2.45) is 5.92 Å². The van der Waals surface area contributed by atoms with Crippen molar-refractivity contribution < 1.29 is 34.1 Å². The van der Waals surface area contributed by atoms with Crippen molar-refractivity contribution >= 4 is 40.8 Å². The summed E-state index contributed by atoms with van der Waals surface area (Å²) >= 11 is 0. The summed E-state index contributed by atoms with van der Waals surface area (Å²) < 4.78 is 4.79. The van der Waals surface area contributed by atoms with Crippen molar-refractivity contribution in [2.45, 2.75) is 75.6 Å². The van der Waals surface area contributed by atoms with Crippen LogP contribution in [0.5, 0.6) is 0 Å². The van der Waals surface area contributed by atoms with Crippen LogP contribution < -0.4 is 20.0 Å². The number of carbonyl (C=O) groups is 4. The number of nitrogens with zero attached hydrogens (tertiary/aromatic N) is 4. The maximum absolute atomic E-state index is 14.5. The highest BCUT2D eigenvalue weighted by Crippen LogP contribution is 2.48. The maximum Gasteiger partial charge on any atom is 0.305 e. The van der Waals surface area contributed by atoms with Gasteiger partial charge in [0, 0.05) is 48.8 Å². The molecule has 2 saturated heterocycles. The van der Waals surface area contributed by atoms with Crippen molar-refractivity contribution in [3.63, 3.8) is 0 Å². The zero-order chi connectivity index (χ0) is 38.7. The van der Waals surface area contributed by atoms with Gasteiger partial charge in [-0.3, -0.25) is 24.1 Å². The number of aliphatic hydroxyl groups excluding tert-OH is 1. The normalized spacial score (nSPS) is 22.4. The number of nitrogens with one attached hydrogen (secondary N) is 1. The molecular weight excluding hydrogens is 699 g/mol. The van der Waals surface area contributed by atoms with E-state index in [-0.39, 0.29) is 49.8 Å². The van der Waals surface area contributed by atoms with E-state index in [9.17, 15) is 29.4 Å². The summed E-state index contributed by atoms with van der Waals surface area (Å²) in [6.07, 6.45) is 6.53. The van der Waals surface area contributed by atoms with Crippen molar-refractivity contribution in [3.05, 3.63) is 102 Å². The van der Waals surface area contributed by atoms with Gasteiger partial charge in [0.25, 0.3) is 11.8 Å². The zero-order valence-electron chi connectivity index (χ0n) is 31.7. The molecule has 3 aromatic rings. The topological polar surface area (TPSA) is 143 Å². The van der Waals surface area contributed by atoms with Crippen molar-refractivity contribution in [1.29, 1.82) is 0 Å². The van der Waals surface area contributed by atoms with Crippen LogP contribution in [0.25, 0.3) is 0 Å². The van der Waals surface area contributed by atoms with Crippen LogP contribution in [0.4, 0.5) is 17.1 Å². The molecule has 2 fully saturated rings. The van der Waals surface area contributed by atoms with Gasteiger partial charge in [-0.1, -0.05) is 61.5 Å². The molecule has 4 aliphatic rings. The van der Waals surface area contributed by atoms with E-state index in [1.165, 1.54) is 7.11 Å². The summed E-state index contributed by atoms with van der Waals surface area (Å²) in [6, 6.07) is 22.9. The van der Waals surface area contributed by atoms with E-state index in [1.807, 2.05) is 60.7 Å². The molecule has 0 bridgehead atoms. The summed E-state index contributed by atoms with van der Waals surface area (Å²) in [6.45, 7) is 4.03. The number of amides is 3. The van der Waals surface area contributed by atoms with Gasteiger partial charge >= 0.3 is 5.97 Å². The number of para-hydroxylation sites is 1. The van der Waals surface area contributed by atoms with Gasteiger partial charge in [0.15, 0.2) is 5.60 Å². The molecule has 1 spiro atoms. The fraction of sp³-hybridized carbons (Fsp3) is 0.442. The fourth-order valence-electron chi connectivity index (χ4n) is 8.81. The summed E-state index contributed by atoms with van der Waals surface area (Å²) in [5.41, 5.74) is 1.95. The Morgan fingerprint density at radius 2 is 1.69 bits per heavy atom. The Labute approximate surface area is 322 Å².